The van der Waals surface area contributed by atoms with E-state index in [2.05, 4.69) is 24.8 Å². The van der Waals surface area contributed by atoms with Crippen molar-refractivity contribution >= 4 is 6.08 Å². The van der Waals surface area contributed by atoms with Crippen LogP contribution in [0.25, 0.3) is 6.08 Å². The highest BCUT2D eigenvalue weighted by molar-refractivity contribution is 5.60. The van der Waals surface area contributed by atoms with Crippen LogP contribution in [0.15, 0.2) is 48.2 Å². The Bertz CT molecular complexity index is 349. The van der Waals surface area contributed by atoms with Crippen molar-refractivity contribution in [2.45, 2.75) is 13.0 Å². The second kappa shape index (κ2) is 3.09. The molecule has 1 heteroatoms. The summed E-state index contributed by atoms with van der Waals surface area (Å²) in [6.07, 6.45) is 2.32. The molecule has 1 unspecified atom stereocenters. The fraction of sp³-hybridized carbons (Fsp3) is 0.167. The van der Waals surface area contributed by atoms with Gasteiger partial charge in [0.25, 0.3) is 0 Å². The standard InChI is InChI=1S/C12H12O/c1-9-12(10(2)13-9)8-11-6-4-3-5-7-11/h3-8,10H,1H2,2H3/b12-8-. The molecule has 13 heavy (non-hydrogen) atoms. The molecule has 0 bridgehead atoms. The van der Waals surface area contributed by atoms with Gasteiger partial charge in [0.1, 0.15) is 11.9 Å². The molecule has 0 spiro atoms. The highest BCUT2D eigenvalue weighted by Gasteiger charge is 2.25. The molecular weight excluding hydrogens is 160 g/mol. The molecule has 1 saturated heterocycles. The van der Waals surface area contributed by atoms with E-state index in [0.717, 1.165) is 5.76 Å². The van der Waals surface area contributed by atoms with Gasteiger partial charge in [-0.25, -0.2) is 0 Å². The predicted molar refractivity (Wildman–Crippen MR) is 54.1 cm³/mol. The van der Waals surface area contributed by atoms with Crippen LogP contribution >= 0.6 is 0 Å². The third kappa shape index (κ3) is 1.50. The van der Waals surface area contributed by atoms with Crippen molar-refractivity contribution in [3.8, 4) is 0 Å². The molecule has 1 atom stereocenters. The number of ether oxygens (including phenoxy) is 1. The zero-order valence-electron chi connectivity index (χ0n) is 7.66. The Labute approximate surface area is 78.3 Å². The van der Waals surface area contributed by atoms with E-state index in [9.17, 15) is 0 Å². The number of hydrogen-bond acceptors (Lipinski definition) is 1. The second-order valence-corrected chi connectivity index (χ2v) is 3.19. The number of rotatable bonds is 1. The molecule has 66 valence electrons. The number of hydrogen-bond donors (Lipinski definition) is 0. The van der Waals surface area contributed by atoms with Crippen molar-refractivity contribution in [2.75, 3.05) is 0 Å². The maximum absolute atomic E-state index is 5.26. The average molecular weight is 172 g/mol. The molecule has 0 radical (unpaired) electrons. The van der Waals surface area contributed by atoms with Gasteiger partial charge < -0.3 is 4.74 Å². The number of benzene rings is 1. The zero-order chi connectivity index (χ0) is 9.26. The first kappa shape index (κ1) is 8.11. The van der Waals surface area contributed by atoms with E-state index in [1.54, 1.807) is 0 Å². The summed E-state index contributed by atoms with van der Waals surface area (Å²) < 4.78 is 5.26. The Morgan fingerprint density at radius 1 is 1.31 bits per heavy atom. The fourth-order valence-corrected chi connectivity index (χ4v) is 1.44. The summed E-state index contributed by atoms with van der Waals surface area (Å²) in [4.78, 5) is 0. The molecule has 0 saturated carbocycles. The lowest BCUT2D eigenvalue weighted by atomic mass is 10.0. The predicted octanol–water partition coefficient (Wildman–Crippen LogP) is 3.00. The topological polar surface area (TPSA) is 9.23 Å². The molecule has 1 aliphatic rings. The molecule has 0 N–H and O–H groups in total. The summed E-state index contributed by atoms with van der Waals surface area (Å²) in [6.45, 7) is 5.83. The highest BCUT2D eigenvalue weighted by atomic mass is 16.5. The Morgan fingerprint density at radius 3 is 2.54 bits per heavy atom. The first-order valence-electron chi connectivity index (χ1n) is 4.40. The van der Waals surface area contributed by atoms with Gasteiger partial charge in [-0.3, -0.25) is 0 Å². The van der Waals surface area contributed by atoms with Crippen LogP contribution in [0.2, 0.25) is 0 Å². The molecule has 1 heterocycles. The van der Waals surface area contributed by atoms with Crippen molar-refractivity contribution < 1.29 is 4.74 Å². The minimum Gasteiger partial charge on any atom is -0.486 e. The summed E-state index contributed by atoms with van der Waals surface area (Å²) >= 11 is 0. The van der Waals surface area contributed by atoms with E-state index in [-0.39, 0.29) is 6.10 Å². The molecular formula is C12H12O. The molecule has 0 aromatic heterocycles. The lowest BCUT2D eigenvalue weighted by Crippen LogP contribution is -2.24. The van der Waals surface area contributed by atoms with Gasteiger partial charge >= 0.3 is 0 Å². The van der Waals surface area contributed by atoms with Crippen molar-refractivity contribution in [1.82, 2.24) is 0 Å². The van der Waals surface area contributed by atoms with Gasteiger partial charge in [0, 0.05) is 5.57 Å². The molecule has 1 fully saturated rings. The molecule has 2 rings (SSSR count). The third-order valence-corrected chi connectivity index (χ3v) is 2.20. The summed E-state index contributed by atoms with van der Waals surface area (Å²) in [5, 5.41) is 0. The quantitative estimate of drug-likeness (QED) is 0.632. The largest absolute Gasteiger partial charge is 0.486 e. The van der Waals surface area contributed by atoms with Crippen LogP contribution in [0.3, 0.4) is 0 Å². The second-order valence-electron chi connectivity index (χ2n) is 3.19. The summed E-state index contributed by atoms with van der Waals surface area (Å²) in [5.74, 6) is 0.802. The molecule has 1 nitrogen and oxygen atoms in total. The SMILES string of the molecule is C=C1OC(C)/C1=C\c1ccccc1. The minimum absolute atomic E-state index is 0.202. The van der Waals surface area contributed by atoms with Gasteiger partial charge in [-0.05, 0) is 18.6 Å². The van der Waals surface area contributed by atoms with Crippen LogP contribution in [-0.2, 0) is 4.74 Å². The maximum Gasteiger partial charge on any atom is 0.124 e. The first-order chi connectivity index (χ1) is 6.27. The lowest BCUT2D eigenvalue weighted by molar-refractivity contribution is 0.101. The van der Waals surface area contributed by atoms with Crippen molar-refractivity contribution in [2.24, 2.45) is 0 Å². The Hall–Kier alpha value is -1.50. The molecule has 1 aliphatic heterocycles. The van der Waals surface area contributed by atoms with Crippen LogP contribution in [0, 0.1) is 0 Å². The molecule has 1 aromatic carbocycles. The molecule has 0 amide bonds. The monoisotopic (exact) mass is 172 g/mol. The highest BCUT2D eigenvalue weighted by Crippen LogP contribution is 2.31. The Kier molecular flexibility index (Phi) is 1.93. The lowest BCUT2D eigenvalue weighted by Gasteiger charge is -2.30. The van der Waals surface area contributed by atoms with E-state index >= 15 is 0 Å². The van der Waals surface area contributed by atoms with Crippen LogP contribution in [-0.4, -0.2) is 6.10 Å². The van der Waals surface area contributed by atoms with E-state index in [1.807, 2.05) is 25.1 Å². The summed E-state index contributed by atoms with van der Waals surface area (Å²) in [5.41, 5.74) is 2.40. The van der Waals surface area contributed by atoms with E-state index in [0.29, 0.717) is 0 Å². The molecule has 0 aliphatic carbocycles. The van der Waals surface area contributed by atoms with Gasteiger partial charge in [-0.2, -0.15) is 0 Å². The normalized spacial score (nSPS) is 23.9. The van der Waals surface area contributed by atoms with Crippen molar-refractivity contribution in [3.05, 3.63) is 53.8 Å². The van der Waals surface area contributed by atoms with Crippen molar-refractivity contribution in [1.29, 1.82) is 0 Å². The molecule has 1 aromatic rings. The zero-order valence-corrected chi connectivity index (χ0v) is 7.66. The van der Waals surface area contributed by atoms with Crippen molar-refractivity contribution in [3.63, 3.8) is 0 Å². The van der Waals surface area contributed by atoms with E-state index < -0.39 is 0 Å². The maximum atomic E-state index is 5.26. The van der Waals surface area contributed by atoms with Crippen LogP contribution in [0.4, 0.5) is 0 Å². The first-order valence-corrected chi connectivity index (χ1v) is 4.40. The fourth-order valence-electron chi connectivity index (χ4n) is 1.44. The van der Waals surface area contributed by atoms with Gasteiger partial charge in [0.2, 0.25) is 0 Å². The summed E-state index contributed by atoms with van der Waals surface area (Å²) in [7, 11) is 0. The minimum atomic E-state index is 0.202. The Morgan fingerprint density at radius 2 is 2.00 bits per heavy atom. The third-order valence-electron chi connectivity index (χ3n) is 2.20. The van der Waals surface area contributed by atoms with Gasteiger partial charge in [-0.15, -0.1) is 0 Å². The summed E-state index contributed by atoms with van der Waals surface area (Å²) in [6, 6.07) is 10.2. The van der Waals surface area contributed by atoms with Crippen LogP contribution in [0.5, 0.6) is 0 Å². The Balaban J connectivity index is 2.26. The van der Waals surface area contributed by atoms with E-state index in [1.165, 1.54) is 11.1 Å². The van der Waals surface area contributed by atoms with E-state index in [4.69, 9.17) is 4.74 Å². The van der Waals surface area contributed by atoms with Gasteiger partial charge in [0.15, 0.2) is 0 Å². The average Bonchev–Trinajstić information content (AvgIpc) is 2.16. The van der Waals surface area contributed by atoms with Crippen LogP contribution < -0.4 is 0 Å². The van der Waals surface area contributed by atoms with Crippen LogP contribution in [0.1, 0.15) is 12.5 Å². The smallest absolute Gasteiger partial charge is 0.124 e. The van der Waals surface area contributed by atoms with Gasteiger partial charge in [0.05, 0.1) is 0 Å². The van der Waals surface area contributed by atoms with Gasteiger partial charge in [-0.1, -0.05) is 36.9 Å².